The highest BCUT2D eigenvalue weighted by molar-refractivity contribution is 6.19. The lowest BCUT2D eigenvalue weighted by Crippen LogP contribution is -2.33. The van der Waals surface area contributed by atoms with Gasteiger partial charge in [-0.2, -0.15) is 0 Å². The number of urea groups is 1. The number of imide groups is 1. The monoisotopic (exact) mass is 232 g/mol. The zero-order valence-corrected chi connectivity index (χ0v) is 10.1. The molecule has 4 nitrogen and oxygen atoms in total. The lowest BCUT2D eigenvalue weighted by atomic mass is 10.2. The molecule has 1 aromatic rings. The third kappa shape index (κ3) is 2.16. The van der Waals surface area contributed by atoms with Gasteiger partial charge in [-0.05, 0) is 31.0 Å². The molecule has 0 atom stereocenters. The molecule has 0 radical (unpaired) electrons. The number of anilines is 1. The lowest BCUT2D eigenvalue weighted by molar-refractivity contribution is -0.116. The Kier molecular flexibility index (Phi) is 3.13. The van der Waals surface area contributed by atoms with Gasteiger partial charge in [-0.15, -0.1) is 0 Å². The molecular weight excluding hydrogens is 216 g/mol. The van der Waals surface area contributed by atoms with E-state index in [-0.39, 0.29) is 18.5 Å². The number of rotatable bonds is 3. The fraction of sp³-hybridized carbons (Fsp3) is 0.385. The Morgan fingerprint density at radius 2 is 2.06 bits per heavy atom. The third-order valence-electron chi connectivity index (χ3n) is 2.79. The van der Waals surface area contributed by atoms with Gasteiger partial charge in [-0.1, -0.05) is 19.1 Å². The topological polar surface area (TPSA) is 40.6 Å². The number of amides is 3. The summed E-state index contributed by atoms with van der Waals surface area (Å²) >= 11 is 0. The zero-order chi connectivity index (χ0) is 12.4. The molecule has 4 heteroatoms. The molecule has 1 aliphatic rings. The molecule has 1 saturated heterocycles. The molecule has 0 aromatic heterocycles. The van der Waals surface area contributed by atoms with Crippen molar-refractivity contribution in [3.8, 4) is 0 Å². The minimum absolute atomic E-state index is 0.144. The van der Waals surface area contributed by atoms with Gasteiger partial charge in [0.15, 0.2) is 0 Å². The Hall–Kier alpha value is -1.84. The summed E-state index contributed by atoms with van der Waals surface area (Å²) in [6, 6.07) is 7.23. The van der Waals surface area contributed by atoms with Crippen molar-refractivity contribution in [1.82, 2.24) is 4.90 Å². The van der Waals surface area contributed by atoms with Crippen LogP contribution >= 0.6 is 0 Å². The molecule has 17 heavy (non-hydrogen) atoms. The van der Waals surface area contributed by atoms with Crippen LogP contribution < -0.4 is 4.90 Å². The summed E-state index contributed by atoms with van der Waals surface area (Å²) in [4.78, 5) is 26.7. The predicted molar refractivity (Wildman–Crippen MR) is 65.9 cm³/mol. The standard InChI is InChI=1S/C13H16N2O2/c1-3-7-14-9-12(16)15(13(14)17)11-6-4-5-10(2)8-11/h4-6,8H,3,7,9H2,1-2H3. The number of nitrogens with zero attached hydrogens (tertiary/aromatic N) is 2. The molecule has 0 N–H and O–H groups in total. The SMILES string of the molecule is CCCN1CC(=O)N(c2cccc(C)c2)C1=O. The van der Waals surface area contributed by atoms with E-state index in [4.69, 9.17) is 0 Å². The summed E-state index contributed by atoms with van der Waals surface area (Å²) in [5.74, 6) is -0.144. The Bertz CT molecular complexity index is 456. The molecule has 1 aromatic carbocycles. The van der Waals surface area contributed by atoms with E-state index in [1.807, 2.05) is 32.0 Å². The smallest absolute Gasteiger partial charge is 0.315 e. The summed E-state index contributed by atoms with van der Waals surface area (Å²) in [5.41, 5.74) is 1.70. The van der Waals surface area contributed by atoms with E-state index >= 15 is 0 Å². The van der Waals surface area contributed by atoms with Crippen molar-refractivity contribution >= 4 is 17.6 Å². The molecule has 1 fully saturated rings. The summed E-state index contributed by atoms with van der Waals surface area (Å²) in [6.07, 6.45) is 0.862. The summed E-state index contributed by atoms with van der Waals surface area (Å²) < 4.78 is 0. The van der Waals surface area contributed by atoms with Crippen LogP contribution in [0.5, 0.6) is 0 Å². The van der Waals surface area contributed by atoms with Gasteiger partial charge in [0.25, 0.3) is 5.91 Å². The van der Waals surface area contributed by atoms with E-state index in [9.17, 15) is 9.59 Å². The van der Waals surface area contributed by atoms with E-state index in [2.05, 4.69) is 0 Å². The van der Waals surface area contributed by atoms with Gasteiger partial charge in [0.2, 0.25) is 0 Å². The quantitative estimate of drug-likeness (QED) is 0.749. The van der Waals surface area contributed by atoms with Crippen molar-refractivity contribution in [2.45, 2.75) is 20.3 Å². The van der Waals surface area contributed by atoms with E-state index in [0.29, 0.717) is 12.2 Å². The van der Waals surface area contributed by atoms with Crippen LogP contribution in [0.3, 0.4) is 0 Å². The first-order valence-electron chi connectivity index (χ1n) is 5.82. The van der Waals surface area contributed by atoms with Crippen LogP contribution in [0.4, 0.5) is 10.5 Å². The van der Waals surface area contributed by atoms with Crippen LogP contribution in [0.2, 0.25) is 0 Å². The first kappa shape index (κ1) is 11.6. The molecule has 1 heterocycles. The highest BCUT2D eigenvalue weighted by Gasteiger charge is 2.36. The van der Waals surface area contributed by atoms with Crippen LogP contribution in [0.15, 0.2) is 24.3 Å². The first-order valence-corrected chi connectivity index (χ1v) is 5.82. The van der Waals surface area contributed by atoms with Crippen molar-refractivity contribution < 1.29 is 9.59 Å². The Balaban J connectivity index is 2.27. The average Bonchev–Trinajstić information content (AvgIpc) is 2.55. The fourth-order valence-electron chi connectivity index (χ4n) is 2.02. The van der Waals surface area contributed by atoms with Crippen molar-refractivity contribution in [1.29, 1.82) is 0 Å². The minimum Gasteiger partial charge on any atom is -0.315 e. The molecule has 3 amide bonds. The Labute approximate surface area is 101 Å². The Morgan fingerprint density at radius 3 is 2.71 bits per heavy atom. The van der Waals surface area contributed by atoms with Crippen LogP contribution in [0.1, 0.15) is 18.9 Å². The molecular formula is C13H16N2O2. The van der Waals surface area contributed by atoms with Crippen LogP contribution in [-0.2, 0) is 4.79 Å². The molecule has 0 saturated carbocycles. The van der Waals surface area contributed by atoms with Crippen molar-refractivity contribution in [2.75, 3.05) is 18.0 Å². The summed E-state index contributed by atoms with van der Waals surface area (Å²) in [5, 5.41) is 0. The van der Waals surface area contributed by atoms with Gasteiger partial charge in [0, 0.05) is 6.54 Å². The minimum atomic E-state index is -0.206. The van der Waals surface area contributed by atoms with Crippen molar-refractivity contribution in [2.24, 2.45) is 0 Å². The van der Waals surface area contributed by atoms with E-state index in [1.165, 1.54) is 4.90 Å². The second-order valence-corrected chi connectivity index (χ2v) is 4.27. The maximum Gasteiger partial charge on any atom is 0.331 e. The first-order chi connectivity index (χ1) is 8.13. The molecule has 0 unspecified atom stereocenters. The second-order valence-electron chi connectivity index (χ2n) is 4.27. The number of carbonyl (C=O) groups excluding carboxylic acids is 2. The highest BCUT2D eigenvalue weighted by Crippen LogP contribution is 2.22. The van der Waals surface area contributed by atoms with E-state index in [1.54, 1.807) is 11.0 Å². The van der Waals surface area contributed by atoms with Crippen molar-refractivity contribution in [3.63, 3.8) is 0 Å². The third-order valence-corrected chi connectivity index (χ3v) is 2.79. The van der Waals surface area contributed by atoms with Crippen LogP contribution in [0, 0.1) is 6.92 Å². The van der Waals surface area contributed by atoms with Crippen LogP contribution in [-0.4, -0.2) is 29.9 Å². The van der Waals surface area contributed by atoms with E-state index < -0.39 is 0 Å². The molecule has 90 valence electrons. The predicted octanol–water partition coefficient (Wildman–Crippen LogP) is 2.17. The number of aryl methyl sites for hydroxylation is 1. The molecule has 0 aliphatic carbocycles. The second kappa shape index (κ2) is 4.57. The van der Waals surface area contributed by atoms with Gasteiger partial charge >= 0.3 is 6.03 Å². The highest BCUT2D eigenvalue weighted by atomic mass is 16.2. The Morgan fingerprint density at radius 1 is 1.29 bits per heavy atom. The molecule has 0 spiro atoms. The van der Waals surface area contributed by atoms with Gasteiger partial charge in [-0.3, -0.25) is 4.79 Å². The molecule has 1 aliphatic heterocycles. The number of benzene rings is 1. The fourth-order valence-corrected chi connectivity index (χ4v) is 2.02. The largest absolute Gasteiger partial charge is 0.331 e. The van der Waals surface area contributed by atoms with Gasteiger partial charge in [-0.25, -0.2) is 9.69 Å². The maximum atomic E-state index is 12.0. The van der Waals surface area contributed by atoms with Gasteiger partial charge in [0.05, 0.1) is 5.69 Å². The number of hydrogen-bond acceptors (Lipinski definition) is 2. The molecule has 0 bridgehead atoms. The average molecular weight is 232 g/mol. The van der Waals surface area contributed by atoms with Crippen molar-refractivity contribution in [3.05, 3.63) is 29.8 Å². The summed E-state index contributed by atoms with van der Waals surface area (Å²) in [7, 11) is 0. The molecule has 2 rings (SSSR count). The normalized spacial score (nSPS) is 15.9. The number of carbonyl (C=O) groups is 2. The van der Waals surface area contributed by atoms with E-state index in [0.717, 1.165) is 12.0 Å². The lowest BCUT2D eigenvalue weighted by Gasteiger charge is -2.16. The maximum absolute atomic E-state index is 12.0. The van der Waals surface area contributed by atoms with Gasteiger partial charge < -0.3 is 4.90 Å². The van der Waals surface area contributed by atoms with Crippen LogP contribution in [0.25, 0.3) is 0 Å². The zero-order valence-electron chi connectivity index (χ0n) is 10.1. The number of hydrogen-bond donors (Lipinski definition) is 0. The summed E-state index contributed by atoms with van der Waals surface area (Å²) in [6.45, 7) is 4.76. The van der Waals surface area contributed by atoms with Gasteiger partial charge in [0.1, 0.15) is 6.54 Å².